The molecule has 2 aromatic carbocycles. The molecule has 33 heavy (non-hydrogen) atoms. The van der Waals surface area contributed by atoms with E-state index in [2.05, 4.69) is 30.4 Å². The molecule has 12 heteroatoms. The van der Waals surface area contributed by atoms with Crippen molar-refractivity contribution in [2.75, 3.05) is 15.4 Å². The lowest BCUT2D eigenvalue weighted by Gasteiger charge is -2.10. The minimum atomic E-state index is -3.82. The zero-order valence-corrected chi connectivity index (χ0v) is 18.6. The standard InChI is InChI=1S/C21H18FN7O2S2/c22-16-4-2-15(3-5-16)14-29-13-10-19(27-29)26-21(32)25-17-6-8-18(9-7-17)33(30,31)28-20-23-11-1-12-24-20/h1-13H,14H2,(H,23,24,28)(H2,25,26,27,32). The predicted octanol–water partition coefficient (Wildman–Crippen LogP) is 3.47. The zero-order valence-electron chi connectivity index (χ0n) is 17.0. The van der Waals surface area contributed by atoms with Crippen LogP contribution >= 0.6 is 12.2 Å². The molecule has 4 rings (SSSR count). The number of hydrogen-bond acceptors (Lipinski definition) is 6. The first-order valence-corrected chi connectivity index (χ1v) is 11.5. The highest BCUT2D eigenvalue weighted by atomic mass is 32.2. The summed E-state index contributed by atoms with van der Waals surface area (Å²) in [5.74, 6) is 0.231. The third-order valence-electron chi connectivity index (χ3n) is 4.35. The summed E-state index contributed by atoms with van der Waals surface area (Å²) in [6.07, 6.45) is 4.66. The van der Waals surface area contributed by atoms with Crippen LogP contribution in [0.3, 0.4) is 0 Å². The summed E-state index contributed by atoms with van der Waals surface area (Å²) < 4.78 is 41.9. The third kappa shape index (κ3) is 6.08. The normalized spacial score (nSPS) is 11.1. The SMILES string of the molecule is O=S(=O)(Nc1ncccn1)c1ccc(NC(=S)Nc2ccn(Cc3ccc(F)cc3)n2)cc1. The molecule has 3 N–H and O–H groups in total. The van der Waals surface area contributed by atoms with Crippen molar-refractivity contribution in [3.05, 3.63) is 90.6 Å². The van der Waals surface area contributed by atoms with E-state index in [1.807, 2.05) is 0 Å². The van der Waals surface area contributed by atoms with Crippen LogP contribution in [0.4, 0.5) is 21.8 Å². The second-order valence-corrected chi connectivity index (χ2v) is 8.90. The molecule has 4 aromatic rings. The van der Waals surface area contributed by atoms with E-state index >= 15 is 0 Å². The highest BCUT2D eigenvalue weighted by Gasteiger charge is 2.15. The summed E-state index contributed by atoms with van der Waals surface area (Å²) in [5.41, 5.74) is 1.50. The first kappa shape index (κ1) is 22.3. The number of sulfonamides is 1. The van der Waals surface area contributed by atoms with Crippen LogP contribution in [-0.4, -0.2) is 33.3 Å². The lowest BCUT2D eigenvalue weighted by molar-refractivity contribution is 0.601. The summed E-state index contributed by atoms with van der Waals surface area (Å²) in [7, 11) is -3.82. The largest absolute Gasteiger partial charge is 0.332 e. The van der Waals surface area contributed by atoms with Crippen LogP contribution in [0, 0.1) is 5.82 Å². The van der Waals surface area contributed by atoms with Crippen LogP contribution in [0.15, 0.2) is 84.1 Å². The summed E-state index contributed by atoms with van der Waals surface area (Å²) in [5, 5.41) is 10.6. The maximum Gasteiger partial charge on any atom is 0.264 e. The molecule has 0 saturated carbocycles. The van der Waals surface area contributed by atoms with Crippen LogP contribution in [-0.2, 0) is 16.6 Å². The molecule has 0 aliphatic carbocycles. The Morgan fingerprint density at radius 1 is 0.970 bits per heavy atom. The van der Waals surface area contributed by atoms with E-state index in [9.17, 15) is 12.8 Å². The van der Waals surface area contributed by atoms with E-state index in [1.54, 1.807) is 47.3 Å². The second kappa shape index (κ2) is 9.71. The van der Waals surface area contributed by atoms with Gasteiger partial charge in [0.15, 0.2) is 10.9 Å². The van der Waals surface area contributed by atoms with Gasteiger partial charge in [-0.25, -0.2) is 27.5 Å². The van der Waals surface area contributed by atoms with E-state index in [-0.39, 0.29) is 21.8 Å². The summed E-state index contributed by atoms with van der Waals surface area (Å²) in [6, 6.07) is 15.6. The molecule has 0 radical (unpaired) electrons. The number of thiocarbonyl (C=S) groups is 1. The number of hydrogen-bond donors (Lipinski definition) is 3. The maximum absolute atomic E-state index is 13.0. The molecule has 0 aliphatic heterocycles. The highest BCUT2D eigenvalue weighted by molar-refractivity contribution is 7.92. The minimum Gasteiger partial charge on any atom is -0.332 e. The minimum absolute atomic E-state index is 0.0102. The highest BCUT2D eigenvalue weighted by Crippen LogP contribution is 2.17. The molecule has 9 nitrogen and oxygen atoms in total. The molecule has 0 bridgehead atoms. The fourth-order valence-electron chi connectivity index (χ4n) is 2.82. The number of rotatable bonds is 7. The molecular weight excluding hydrogens is 465 g/mol. The van der Waals surface area contributed by atoms with Gasteiger partial charge < -0.3 is 10.6 Å². The molecule has 0 fully saturated rings. The monoisotopic (exact) mass is 483 g/mol. The van der Waals surface area contributed by atoms with Crippen molar-refractivity contribution in [3.8, 4) is 0 Å². The van der Waals surface area contributed by atoms with Crippen LogP contribution < -0.4 is 15.4 Å². The number of benzene rings is 2. The van der Waals surface area contributed by atoms with Crippen LogP contribution in [0.1, 0.15) is 5.56 Å². The summed E-state index contributed by atoms with van der Waals surface area (Å²) in [6.45, 7) is 0.486. The van der Waals surface area contributed by atoms with Gasteiger partial charge in [0.25, 0.3) is 10.0 Å². The smallest absolute Gasteiger partial charge is 0.264 e. The molecule has 2 heterocycles. The average Bonchev–Trinajstić information content (AvgIpc) is 3.22. The molecule has 0 aliphatic rings. The maximum atomic E-state index is 13.0. The Balaban J connectivity index is 1.33. The Morgan fingerprint density at radius 3 is 2.36 bits per heavy atom. The number of anilines is 3. The van der Waals surface area contributed by atoms with Crippen molar-refractivity contribution in [1.29, 1.82) is 0 Å². The summed E-state index contributed by atoms with van der Waals surface area (Å²) in [4.78, 5) is 7.76. The van der Waals surface area contributed by atoms with Gasteiger partial charge in [0.05, 0.1) is 11.4 Å². The van der Waals surface area contributed by atoms with Gasteiger partial charge in [-0.3, -0.25) is 4.68 Å². The van der Waals surface area contributed by atoms with E-state index in [1.165, 1.54) is 36.7 Å². The average molecular weight is 484 g/mol. The molecule has 2 aromatic heterocycles. The number of aromatic nitrogens is 4. The number of halogens is 1. The van der Waals surface area contributed by atoms with Crippen molar-refractivity contribution in [2.45, 2.75) is 11.4 Å². The van der Waals surface area contributed by atoms with Crippen molar-refractivity contribution in [3.63, 3.8) is 0 Å². The lowest BCUT2D eigenvalue weighted by atomic mass is 10.2. The molecule has 0 saturated heterocycles. The van der Waals surface area contributed by atoms with Crippen LogP contribution in [0.5, 0.6) is 0 Å². The van der Waals surface area contributed by atoms with Gasteiger partial charge in [0.2, 0.25) is 5.95 Å². The third-order valence-corrected chi connectivity index (χ3v) is 5.90. The first-order valence-electron chi connectivity index (χ1n) is 9.63. The van der Waals surface area contributed by atoms with E-state index in [0.29, 0.717) is 18.1 Å². The van der Waals surface area contributed by atoms with E-state index in [0.717, 1.165) is 5.56 Å². The van der Waals surface area contributed by atoms with Gasteiger partial charge in [-0.15, -0.1) is 0 Å². The van der Waals surface area contributed by atoms with Gasteiger partial charge in [-0.05, 0) is 60.2 Å². The molecule has 0 unspecified atom stereocenters. The van der Waals surface area contributed by atoms with Gasteiger partial charge in [-0.2, -0.15) is 5.10 Å². The summed E-state index contributed by atoms with van der Waals surface area (Å²) >= 11 is 5.30. The topological polar surface area (TPSA) is 114 Å². The molecule has 0 atom stereocenters. The van der Waals surface area contributed by atoms with Crippen molar-refractivity contribution >= 4 is 44.8 Å². The molecule has 0 spiro atoms. The molecule has 0 amide bonds. The van der Waals surface area contributed by atoms with E-state index < -0.39 is 10.0 Å². The molecular formula is C21H18FN7O2S2. The first-order chi connectivity index (χ1) is 15.9. The van der Waals surface area contributed by atoms with Gasteiger partial charge in [-0.1, -0.05) is 12.1 Å². The van der Waals surface area contributed by atoms with Crippen LogP contribution in [0.25, 0.3) is 0 Å². The fourth-order valence-corrected chi connectivity index (χ4v) is 4.00. The molecule has 168 valence electrons. The van der Waals surface area contributed by atoms with Crippen molar-refractivity contribution in [2.24, 2.45) is 0 Å². The quantitative estimate of drug-likeness (QED) is 0.343. The second-order valence-electron chi connectivity index (χ2n) is 6.81. The Labute approximate surface area is 194 Å². The Kier molecular flexibility index (Phi) is 6.56. The van der Waals surface area contributed by atoms with E-state index in [4.69, 9.17) is 12.2 Å². The number of nitrogens with zero attached hydrogens (tertiary/aromatic N) is 4. The Morgan fingerprint density at radius 2 is 1.67 bits per heavy atom. The van der Waals surface area contributed by atoms with Crippen molar-refractivity contribution in [1.82, 2.24) is 19.7 Å². The Hall–Kier alpha value is -3.90. The van der Waals surface area contributed by atoms with Crippen LogP contribution in [0.2, 0.25) is 0 Å². The number of nitrogens with one attached hydrogen (secondary N) is 3. The van der Waals surface area contributed by atoms with Crippen molar-refractivity contribution < 1.29 is 12.8 Å². The fraction of sp³-hybridized carbons (Fsp3) is 0.0476. The van der Waals surface area contributed by atoms with Gasteiger partial charge in [0, 0.05) is 30.3 Å². The van der Waals surface area contributed by atoms with Gasteiger partial charge in [0.1, 0.15) is 5.82 Å². The predicted molar refractivity (Wildman–Crippen MR) is 127 cm³/mol. The van der Waals surface area contributed by atoms with Gasteiger partial charge >= 0.3 is 0 Å². The lowest BCUT2D eigenvalue weighted by Crippen LogP contribution is -2.20. The zero-order chi connectivity index (χ0) is 23.3. The Bertz CT molecular complexity index is 1340.